The first-order valence-electron chi connectivity index (χ1n) is 9.17. The zero-order valence-corrected chi connectivity index (χ0v) is 17.0. The lowest BCUT2D eigenvalue weighted by molar-refractivity contribution is -0.114. The molecule has 0 aromatic carbocycles. The van der Waals surface area contributed by atoms with Crippen molar-refractivity contribution in [3.8, 4) is 11.3 Å². The third-order valence-corrected chi connectivity index (χ3v) is 5.46. The van der Waals surface area contributed by atoms with Gasteiger partial charge in [0.25, 0.3) is 0 Å². The number of rotatable bonds is 4. The van der Waals surface area contributed by atoms with Gasteiger partial charge in [-0.05, 0) is 24.5 Å². The number of anilines is 2. The molecule has 0 bridgehead atoms. The molecule has 1 aliphatic rings. The molecule has 0 radical (unpaired) electrons. The Morgan fingerprint density at radius 3 is 2.75 bits per heavy atom. The van der Waals surface area contributed by atoms with E-state index in [9.17, 15) is 4.79 Å². The van der Waals surface area contributed by atoms with Crippen LogP contribution in [0, 0.1) is 0 Å². The minimum atomic E-state index is -0.138. The van der Waals surface area contributed by atoms with Crippen LogP contribution in [0.25, 0.3) is 22.2 Å². The zero-order valence-electron chi connectivity index (χ0n) is 16.2. The van der Waals surface area contributed by atoms with Crippen LogP contribution in [-0.4, -0.2) is 53.0 Å². The van der Waals surface area contributed by atoms with Crippen LogP contribution in [0.1, 0.15) is 6.92 Å². The Hall–Kier alpha value is -2.58. The van der Waals surface area contributed by atoms with Gasteiger partial charge in [-0.2, -0.15) is 0 Å². The molecule has 146 valence electrons. The van der Waals surface area contributed by atoms with Crippen LogP contribution in [-0.2, 0) is 16.6 Å². The fourth-order valence-electron chi connectivity index (χ4n) is 3.47. The highest BCUT2D eigenvalue weighted by Gasteiger charge is 2.17. The van der Waals surface area contributed by atoms with Crippen LogP contribution < -0.4 is 10.2 Å². The number of hydrogen-bond donors (Lipinski definition) is 1. The summed E-state index contributed by atoms with van der Waals surface area (Å²) in [6.45, 7) is 4.72. The van der Waals surface area contributed by atoms with Gasteiger partial charge >= 0.3 is 0 Å². The zero-order chi connectivity index (χ0) is 19.7. The Labute approximate surface area is 168 Å². The van der Waals surface area contributed by atoms with E-state index in [2.05, 4.69) is 33.5 Å². The molecule has 1 aliphatic heterocycles. The second-order valence-electron chi connectivity index (χ2n) is 6.77. The van der Waals surface area contributed by atoms with Crippen LogP contribution in [0.3, 0.4) is 0 Å². The molecule has 0 atom stereocenters. The fraction of sp³-hybridized carbons (Fsp3) is 0.350. The van der Waals surface area contributed by atoms with Gasteiger partial charge in [0.15, 0.2) is 0 Å². The van der Waals surface area contributed by atoms with Gasteiger partial charge in [0, 0.05) is 49.9 Å². The molecule has 1 fully saturated rings. The van der Waals surface area contributed by atoms with Crippen molar-refractivity contribution < 1.29 is 9.53 Å². The summed E-state index contributed by atoms with van der Waals surface area (Å²) in [6.07, 6.45) is 5.89. The maximum atomic E-state index is 11.4. The number of fused-ring (bicyclic) bond motifs is 1. The van der Waals surface area contributed by atoms with E-state index in [4.69, 9.17) is 9.72 Å². The number of hydrogen-bond acceptors (Lipinski definition) is 6. The SMILES string of the molecule is CSc1cc(N2CCOCC2)cc(-c2cn(C)c3cnc(NC(C)=O)cc23)n1. The lowest BCUT2D eigenvalue weighted by atomic mass is 10.1. The quantitative estimate of drug-likeness (QED) is 0.682. The highest BCUT2D eigenvalue weighted by molar-refractivity contribution is 7.98. The van der Waals surface area contributed by atoms with Crippen molar-refractivity contribution in [3.05, 3.63) is 30.6 Å². The number of carbonyl (C=O) groups excluding carboxylic acids is 1. The average molecular weight is 398 g/mol. The highest BCUT2D eigenvalue weighted by Crippen LogP contribution is 2.34. The van der Waals surface area contributed by atoms with Gasteiger partial charge < -0.3 is 19.5 Å². The third-order valence-electron chi connectivity index (χ3n) is 4.83. The maximum Gasteiger partial charge on any atom is 0.222 e. The average Bonchev–Trinajstić information content (AvgIpc) is 3.04. The largest absolute Gasteiger partial charge is 0.378 e. The molecular weight excluding hydrogens is 374 g/mol. The molecule has 0 aliphatic carbocycles. The first kappa shape index (κ1) is 18.8. The van der Waals surface area contributed by atoms with E-state index < -0.39 is 0 Å². The lowest BCUT2D eigenvalue weighted by Crippen LogP contribution is -2.36. The number of carbonyl (C=O) groups is 1. The van der Waals surface area contributed by atoms with Crippen molar-refractivity contribution in [3.63, 3.8) is 0 Å². The highest BCUT2D eigenvalue weighted by atomic mass is 32.2. The molecule has 0 spiro atoms. The molecular formula is C20H23N5O2S. The molecule has 7 nitrogen and oxygen atoms in total. The number of aryl methyl sites for hydroxylation is 1. The van der Waals surface area contributed by atoms with E-state index in [0.29, 0.717) is 5.82 Å². The molecule has 3 aromatic heterocycles. The summed E-state index contributed by atoms with van der Waals surface area (Å²) in [4.78, 5) is 23.0. The van der Waals surface area contributed by atoms with E-state index in [1.807, 2.05) is 23.9 Å². The summed E-state index contributed by atoms with van der Waals surface area (Å²) in [7, 11) is 1.99. The van der Waals surface area contributed by atoms with Gasteiger partial charge in [-0.1, -0.05) is 0 Å². The monoisotopic (exact) mass is 397 g/mol. The molecule has 8 heteroatoms. The topological polar surface area (TPSA) is 72.3 Å². The number of ether oxygens (including phenoxy) is 1. The van der Waals surface area contributed by atoms with Gasteiger partial charge in [-0.25, -0.2) is 9.97 Å². The molecule has 3 aromatic rings. The number of aromatic nitrogens is 3. The summed E-state index contributed by atoms with van der Waals surface area (Å²) in [5.41, 5.74) is 4.09. The Bertz CT molecular complexity index is 1030. The van der Waals surface area contributed by atoms with Crippen LogP contribution in [0.4, 0.5) is 11.5 Å². The lowest BCUT2D eigenvalue weighted by Gasteiger charge is -2.29. The van der Waals surface area contributed by atoms with Gasteiger partial charge in [-0.3, -0.25) is 4.79 Å². The molecule has 28 heavy (non-hydrogen) atoms. The second kappa shape index (κ2) is 7.81. The summed E-state index contributed by atoms with van der Waals surface area (Å²) in [5.74, 6) is 0.406. The Kier molecular flexibility index (Phi) is 5.23. The van der Waals surface area contributed by atoms with E-state index in [-0.39, 0.29) is 5.91 Å². The fourth-order valence-corrected chi connectivity index (χ4v) is 3.90. The van der Waals surface area contributed by atoms with Gasteiger partial charge in [0.1, 0.15) is 5.82 Å². The summed E-state index contributed by atoms with van der Waals surface area (Å²) in [5, 5.41) is 4.76. The smallest absolute Gasteiger partial charge is 0.222 e. The van der Waals surface area contributed by atoms with Crippen LogP contribution in [0.5, 0.6) is 0 Å². The number of morpholine rings is 1. The minimum Gasteiger partial charge on any atom is -0.378 e. The van der Waals surface area contributed by atoms with E-state index in [1.165, 1.54) is 6.92 Å². The predicted molar refractivity (Wildman–Crippen MR) is 113 cm³/mol. The number of nitrogens with one attached hydrogen (secondary N) is 1. The van der Waals surface area contributed by atoms with Crippen LogP contribution in [0.2, 0.25) is 0 Å². The molecule has 4 heterocycles. The van der Waals surface area contributed by atoms with Gasteiger partial charge in [0.05, 0.1) is 35.6 Å². The van der Waals surface area contributed by atoms with Crippen molar-refractivity contribution in [1.29, 1.82) is 0 Å². The van der Waals surface area contributed by atoms with Crippen LogP contribution >= 0.6 is 11.8 Å². The van der Waals surface area contributed by atoms with E-state index in [1.54, 1.807) is 18.0 Å². The molecule has 1 saturated heterocycles. The third kappa shape index (κ3) is 3.70. The van der Waals surface area contributed by atoms with Crippen molar-refractivity contribution >= 4 is 40.1 Å². The number of pyridine rings is 2. The first-order chi connectivity index (χ1) is 13.5. The molecule has 0 unspecified atom stereocenters. The van der Waals surface area contributed by atoms with Crippen LogP contribution in [0.15, 0.2) is 35.6 Å². The number of amides is 1. The number of nitrogens with zero attached hydrogens (tertiary/aromatic N) is 4. The summed E-state index contributed by atoms with van der Waals surface area (Å²) >= 11 is 1.63. The second-order valence-corrected chi connectivity index (χ2v) is 7.60. The van der Waals surface area contributed by atoms with Crippen molar-refractivity contribution in [2.45, 2.75) is 11.9 Å². The standard InChI is InChI=1S/C20H23N5O2S/c1-13(26)22-19-10-15-16(12-24(2)18(15)11-21-19)17-8-14(9-20(23-17)28-3)25-4-6-27-7-5-25/h8-12H,4-7H2,1-3H3,(H,21,22,26). The maximum absolute atomic E-state index is 11.4. The van der Waals surface area contributed by atoms with E-state index >= 15 is 0 Å². The minimum absolute atomic E-state index is 0.138. The van der Waals surface area contributed by atoms with Crippen molar-refractivity contribution in [2.24, 2.45) is 7.05 Å². The predicted octanol–water partition coefficient (Wildman–Crippen LogP) is 3.15. The van der Waals surface area contributed by atoms with Gasteiger partial charge in [0.2, 0.25) is 5.91 Å². The Balaban J connectivity index is 1.83. The summed E-state index contributed by atoms with van der Waals surface area (Å²) in [6, 6.07) is 6.18. The molecule has 0 saturated carbocycles. The van der Waals surface area contributed by atoms with E-state index in [0.717, 1.165) is 59.2 Å². The first-order valence-corrected chi connectivity index (χ1v) is 10.4. The summed E-state index contributed by atoms with van der Waals surface area (Å²) < 4.78 is 7.53. The Morgan fingerprint density at radius 1 is 1.25 bits per heavy atom. The molecule has 1 N–H and O–H groups in total. The van der Waals surface area contributed by atoms with Gasteiger partial charge in [-0.15, -0.1) is 11.8 Å². The van der Waals surface area contributed by atoms with Crippen molar-refractivity contribution in [1.82, 2.24) is 14.5 Å². The molecule has 4 rings (SSSR count). The normalized spacial score (nSPS) is 14.5. The molecule has 1 amide bonds. The Morgan fingerprint density at radius 2 is 2.04 bits per heavy atom. The van der Waals surface area contributed by atoms with Crippen molar-refractivity contribution in [2.75, 3.05) is 42.8 Å². The number of thioether (sulfide) groups is 1.